The number of furan rings is 3. The molecule has 21 aromatic carbocycles. The number of benzene rings is 21. The Bertz CT molecular complexity index is 10300. The maximum Gasteiger partial charge on any atom is 0.143 e. The summed E-state index contributed by atoms with van der Waals surface area (Å²) in [5.74, 6) is 0. The van der Waals surface area contributed by atoms with E-state index in [1.807, 2.05) is 23.5 Å². The molecule has 9 heterocycles. The number of nitrogens with zero attached hydrogens (tertiary/aromatic N) is 5. The molecule has 9 heteroatoms. The Balaban J connectivity index is 0.490. The molecule has 0 fully saturated rings. The average molecular weight is 1740 g/mol. The maximum absolute atomic E-state index is 7.02. The second-order valence-electron chi connectivity index (χ2n) is 36.1. The van der Waals surface area contributed by atoms with Crippen LogP contribution in [0, 0.1) is 0 Å². The lowest BCUT2D eigenvalue weighted by molar-refractivity contribution is 0.665. The van der Waals surface area contributed by atoms with Crippen molar-refractivity contribution in [1.29, 1.82) is 0 Å². The summed E-state index contributed by atoms with van der Waals surface area (Å²) in [6.07, 6.45) is 0. The summed E-state index contributed by atoms with van der Waals surface area (Å²) in [5, 5.41) is 21.0. The van der Waals surface area contributed by atoms with Crippen LogP contribution >= 0.6 is 11.3 Å². The summed E-state index contributed by atoms with van der Waals surface area (Å²) >= 11 is 1.88. The van der Waals surface area contributed by atoms with Crippen molar-refractivity contribution in [3.05, 3.63) is 443 Å². The molecule has 0 atom stereocenters. The molecule has 626 valence electrons. The van der Waals surface area contributed by atoms with Gasteiger partial charge in [-0.15, -0.1) is 11.3 Å². The van der Waals surface area contributed by atoms with Crippen LogP contribution in [0.3, 0.4) is 0 Å². The van der Waals surface area contributed by atoms with E-state index in [2.05, 4.69) is 454 Å². The zero-order valence-corrected chi connectivity index (χ0v) is 73.3. The van der Waals surface area contributed by atoms with E-state index < -0.39 is 0 Å². The predicted octanol–water partition coefficient (Wildman–Crippen LogP) is 35.2. The van der Waals surface area contributed by atoms with E-state index in [0.717, 1.165) is 189 Å². The lowest BCUT2D eigenvalue weighted by Crippen LogP contribution is -1.96. The molecule has 0 aliphatic rings. The first-order valence-corrected chi connectivity index (χ1v) is 47.0. The average Bonchev–Trinajstić information content (AvgIpc) is 1.58. The maximum atomic E-state index is 7.02. The third kappa shape index (κ3) is 10.9. The molecule has 9 aromatic heterocycles. The van der Waals surface area contributed by atoms with Crippen molar-refractivity contribution >= 4 is 206 Å². The van der Waals surface area contributed by atoms with Crippen LogP contribution in [0.1, 0.15) is 0 Å². The Kier molecular flexibility index (Phi) is 15.6. The minimum Gasteiger partial charge on any atom is -0.456 e. The lowest BCUT2D eigenvalue weighted by Gasteiger charge is -2.15. The van der Waals surface area contributed by atoms with Gasteiger partial charge >= 0.3 is 0 Å². The Morgan fingerprint density at radius 1 is 0.156 bits per heavy atom. The summed E-state index contributed by atoms with van der Waals surface area (Å²) in [7, 11) is 0. The van der Waals surface area contributed by atoms with Crippen molar-refractivity contribution in [2.75, 3.05) is 0 Å². The highest BCUT2D eigenvalue weighted by Gasteiger charge is 2.27. The van der Waals surface area contributed by atoms with E-state index in [1.165, 1.54) is 102 Å². The highest BCUT2D eigenvalue weighted by Crippen LogP contribution is 2.51. The third-order valence-electron chi connectivity index (χ3n) is 28.9. The highest BCUT2D eigenvalue weighted by atomic mass is 32.1. The quantitative estimate of drug-likeness (QED) is 0.130. The number of fused-ring (bicyclic) bond motifs is 27. The molecule has 30 aromatic rings. The molecule has 0 saturated heterocycles. The minimum absolute atomic E-state index is 0.824. The summed E-state index contributed by atoms with van der Waals surface area (Å²) in [6.45, 7) is 0. The van der Waals surface area contributed by atoms with Crippen LogP contribution in [-0.4, -0.2) is 22.8 Å². The molecule has 0 aliphatic carbocycles. The van der Waals surface area contributed by atoms with Crippen molar-refractivity contribution in [2.24, 2.45) is 0 Å². The summed E-state index contributed by atoms with van der Waals surface area (Å²) < 4.78 is 34.9. The molecule has 0 N–H and O–H groups in total. The summed E-state index contributed by atoms with van der Waals surface area (Å²) in [6, 6.07) is 163. The van der Waals surface area contributed by atoms with Crippen molar-refractivity contribution in [1.82, 2.24) is 22.8 Å². The van der Waals surface area contributed by atoms with E-state index in [4.69, 9.17) is 13.3 Å². The second-order valence-corrected chi connectivity index (χ2v) is 37.1. The molecule has 135 heavy (non-hydrogen) atoms. The van der Waals surface area contributed by atoms with Gasteiger partial charge in [-0.05, 0) is 226 Å². The van der Waals surface area contributed by atoms with E-state index in [9.17, 15) is 0 Å². The zero-order chi connectivity index (χ0) is 87.9. The molecular weight excluding hydrogens is 1660 g/mol. The monoisotopic (exact) mass is 1740 g/mol. The number of hydrogen-bond acceptors (Lipinski definition) is 4. The van der Waals surface area contributed by atoms with Gasteiger partial charge in [-0.1, -0.05) is 267 Å². The van der Waals surface area contributed by atoms with Crippen molar-refractivity contribution < 1.29 is 13.3 Å². The minimum atomic E-state index is 0.824. The van der Waals surface area contributed by atoms with E-state index in [1.54, 1.807) is 0 Å². The van der Waals surface area contributed by atoms with Crippen LogP contribution in [0.25, 0.3) is 290 Å². The van der Waals surface area contributed by atoms with Crippen LogP contribution in [0.15, 0.2) is 456 Å². The normalized spacial score (nSPS) is 12.3. The first kappa shape index (κ1) is 74.1. The first-order valence-electron chi connectivity index (χ1n) is 46.1. The van der Waals surface area contributed by atoms with Crippen molar-refractivity contribution in [2.45, 2.75) is 0 Å². The first-order chi connectivity index (χ1) is 66.9. The highest BCUT2D eigenvalue weighted by molar-refractivity contribution is 7.26. The predicted molar refractivity (Wildman–Crippen MR) is 565 cm³/mol. The molecule has 0 bridgehead atoms. The zero-order valence-electron chi connectivity index (χ0n) is 72.5. The number of thiophene rings is 1. The molecule has 30 rings (SSSR count). The number of rotatable bonds is 11. The Hall–Kier alpha value is -17.8. The second kappa shape index (κ2) is 28.4. The lowest BCUT2D eigenvalue weighted by atomic mass is 9.90. The van der Waals surface area contributed by atoms with Gasteiger partial charge in [0.25, 0.3) is 0 Å². The van der Waals surface area contributed by atoms with Crippen molar-refractivity contribution in [3.63, 3.8) is 0 Å². The van der Waals surface area contributed by atoms with E-state index >= 15 is 0 Å². The van der Waals surface area contributed by atoms with Crippen molar-refractivity contribution in [3.8, 4) is 95.2 Å². The topological polar surface area (TPSA) is 64.1 Å². The summed E-state index contributed by atoms with van der Waals surface area (Å²) in [4.78, 5) is 0. The molecule has 0 aliphatic heterocycles. The van der Waals surface area contributed by atoms with Gasteiger partial charge in [0.15, 0.2) is 0 Å². The fourth-order valence-electron chi connectivity index (χ4n) is 22.9. The van der Waals surface area contributed by atoms with E-state index in [0.29, 0.717) is 0 Å². The van der Waals surface area contributed by atoms with Gasteiger partial charge in [-0.2, -0.15) is 0 Å². The van der Waals surface area contributed by atoms with Gasteiger partial charge in [0.2, 0.25) is 0 Å². The fourth-order valence-corrected chi connectivity index (χ4v) is 24.1. The molecular formula is C126H73N5O3S. The fraction of sp³-hybridized carbons (Fsp3) is 0. The number of hydrogen-bond donors (Lipinski definition) is 0. The Morgan fingerprint density at radius 3 is 1.04 bits per heavy atom. The Labute approximate surface area is 774 Å². The van der Waals surface area contributed by atoms with Gasteiger partial charge in [-0.3, -0.25) is 0 Å². The third-order valence-corrected chi connectivity index (χ3v) is 30.1. The largest absolute Gasteiger partial charge is 0.456 e. The Morgan fingerprint density at radius 2 is 0.481 bits per heavy atom. The number of para-hydroxylation sites is 9. The molecule has 0 saturated carbocycles. The van der Waals surface area contributed by atoms with Gasteiger partial charge in [-0.25, -0.2) is 0 Å². The van der Waals surface area contributed by atoms with Gasteiger partial charge in [0.05, 0.1) is 55.2 Å². The SMILES string of the molecule is c1cc(-c2cccc(-n3c4ccccc4c4cc(-n5c6ccccc6c6cc(-c7ccc8c9ccccc9n(-c9cccc(-c%10ccc%11oc%12ccccc%12c%11c%10)c9)c8c7)ccc65)ccc43)c2)cc(-c2c(-c3ccc4c(c3)c3ccccc3n4-c3ccc4oc5c(-c6cccc7c6oc6ccc(-n8c9ccccc9c9ccccc98)cc67)cccc5c4c3)ccc3c2sc2ccccc23)c1. The molecule has 0 radical (unpaired) electrons. The smallest absolute Gasteiger partial charge is 0.143 e. The van der Waals surface area contributed by atoms with Crippen LogP contribution in [-0.2, 0) is 0 Å². The van der Waals surface area contributed by atoms with Gasteiger partial charge < -0.3 is 36.1 Å². The molecule has 0 unspecified atom stereocenters. The van der Waals surface area contributed by atoms with Crippen LogP contribution in [0.4, 0.5) is 0 Å². The van der Waals surface area contributed by atoms with Crippen LogP contribution in [0.2, 0.25) is 0 Å². The standard InChI is InChI=1S/C126H73N5O3S/c1-9-40-108-88(28-1)89-29-2-10-41-109(89)128(108)85-53-62-120-106(72-85)99-38-20-36-97(124(99)133-120)98-37-21-39-100-107-73-86(54-63-121(107)134-125(98)100)130-112-44-13-5-32-92(112)103-69-80(50-59-115(103)130)87-56-57-101-96-35-8-16-47-122(96)135-126(101)123(87)81-25-17-22-74(64-81)75-23-18-26-82(65-75)127-113-45-14-6-33-93(113)104-71-84(52-60-116(104)127)129-111-43-12-4-31-91(111)102-67-77(49-58-114(102)129)79-48-55-94-90-30-3-11-42-110(90)131(117(94)70-79)83-27-19-24-76(66-83)78-51-61-119-105(68-78)95-34-7-15-46-118(95)132-119/h1-73H. The summed E-state index contributed by atoms with van der Waals surface area (Å²) in [5.41, 5.74) is 35.7. The molecule has 0 spiro atoms. The van der Waals surface area contributed by atoms with Gasteiger partial charge in [0, 0.05) is 151 Å². The molecule has 0 amide bonds. The van der Waals surface area contributed by atoms with Crippen LogP contribution < -0.4 is 0 Å². The van der Waals surface area contributed by atoms with Gasteiger partial charge in [0.1, 0.15) is 33.5 Å². The van der Waals surface area contributed by atoms with E-state index in [-0.39, 0.29) is 0 Å². The van der Waals surface area contributed by atoms with Crippen LogP contribution in [0.5, 0.6) is 0 Å². The number of aromatic nitrogens is 5. The molecule has 8 nitrogen and oxygen atoms in total.